The highest BCUT2D eigenvalue weighted by Gasteiger charge is 2.52. The van der Waals surface area contributed by atoms with E-state index in [0.29, 0.717) is 18.8 Å². The molecule has 1 aromatic rings. The summed E-state index contributed by atoms with van der Waals surface area (Å²) < 4.78 is 5.30. The molecule has 1 saturated heterocycles. The summed E-state index contributed by atoms with van der Waals surface area (Å²) in [6.07, 6.45) is 2.92. The molecule has 0 bridgehead atoms. The second-order valence-corrected chi connectivity index (χ2v) is 6.91. The van der Waals surface area contributed by atoms with Gasteiger partial charge in [-0.15, -0.1) is 0 Å². The van der Waals surface area contributed by atoms with Gasteiger partial charge in [-0.2, -0.15) is 11.8 Å². The summed E-state index contributed by atoms with van der Waals surface area (Å²) in [7, 11) is 0. The molecule has 1 aliphatic carbocycles. The third-order valence-electron chi connectivity index (χ3n) is 4.33. The number of ether oxygens (including phenoxy) is 1. The maximum atomic E-state index is 12.0. The molecule has 1 atom stereocenters. The lowest BCUT2D eigenvalue weighted by atomic mass is 10.1. The number of benzene rings is 1. The largest absolute Gasteiger partial charge is 0.442 e. The van der Waals surface area contributed by atoms with Gasteiger partial charge in [0.25, 0.3) is 5.54 Å². The minimum atomic E-state index is -0.404. The van der Waals surface area contributed by atoms with Crippen LogP contribution in [0.5, 0.6) is 0 Å². The molecule has 3 rings (SSSR count). The number of nitrogens with one attached hydrogen (secondary N) is 1. The van der Waals surface area contributed by atoms with E-state index >= 15 is 0 Å². The zero-order chi connectivity index (χ0) is 17.2. The summed E-state index contributed by atoms with van der Waals surface area (Å²) in [5, 5.41) is 2.77. The van der Waals surface area contributed by atoms with E-state index in [0.717, 1.165) is 24.1 Å². The van der Waals surface area contributed by atoms with Crippen LogP contribution in [0.4, 0.5) is 10.5 Å². The molecular formula is C17H19N3O3S. The zero-order valence-corrected chi connectivity index (χ0v) is 14.3. The van der Waals surface area contributed by atoms with E-state index in [1.54, 1.807) is 4.90 Å². The Bertz CT molecular complexity index is 679. The van der Waals surface area contributed by atoms with E-state index in [-0.39, 0.29) is 17.6 Å². The highest BCUT2D eigenvalue weighted by Crippen LogP contribution is 2.49. The van der Waals surface area contributed by atoms with Gasteiger partial charge in [0.05, 0.1) is 18.8 Å². The second kappa shape index (κ2) is 6.73. The van der Waals surface area contributed by atoms with Crippen molar-refractivity contribution in [1.82, 2.24) is 5.32 Å². The first kappa shape index (κ1) is 16.7. The Labute approximate surface area is 145 Å². The van der Waals surface area contributed by atoms with E-state index in [4.69, 9.17) is 11.3 Å². The molecule has 1 saturated carbocycles. The summed E-state index contributed by atoms with van der Waals surface area (Å²) in [6.45, 7) is 8.03. The van der Waals surface area contributed by atoms with Crippen molar-refractivity contribution in [3.63, 3.8) is 0 Å². The van der Waals surface area contributed by atoms with Crippen LogP contribution in [0, 0.1) is 6.57 Å². The van der Waals surface area contributed by atoms with Crippen molar-refractivity contribution in [3.8, 4) is 0 Å². The first-order valence-corrected chi connectivity index (χ1v) is 9.20. The number of hydrogen-bond acceptors (Lipinski definition) is 4. The van der Waals surface area contributed by atoms with E-state index < -0.39 is 6.09 Å². The first-order valence-electron chi connectivity index (χ1n) is 7.81. The lowest BCUT2D eigenvalue weighted by Crippen LogP contribution is -2.35. The Morgan fingerprint density at radius 2 is 2.17 bits per heavy atom. The topological polar surface area (TPSA) is 63.0 Å². The molecule has 2 amide bonds. The third-order valence-corrected chi connectivity index (χ3v) is 4.88. The van der Waals surface area contributed by atoms with Crippen LogP contribution in [0.1, 0.15) is 18.4 Å². The van der Waals surface area contributed by atoms with Crippen LogP contribution in [0.2, 0.25) is 0 Å². The number of anilines is 1. The normalized spacial score (nSPS) is 21.1. The van der Waals surface area contributed by atoms with Crippen molar-refractivity contribution in [1.29, 1.82) is 0 Å². The minimum Gasteiger partial charge on any atom is -0.442 e. The van der Waals surface area contributed by atoms with E-state index in [1.807, 2.05) is 30.5 Å². The highest BCUT2D eigenvalue weighted by atomic mass is 32.2. The number of carbonyl (C=O) groups is 2. The van der Waals surface area contributed by atoms with Gasteiger partial charge in [0.2, 0.25) is 5.91 Å². The van der Waals surface area contributed by atoms with Crippen LogP contribution >= 0.6 is 11.8 Å². The Kier molecular flexibility index (Phi) is 4.67. The summed E-state index contributed by atoms with van der Waals surface area (Å²) >= 11 is 1.45. The molecule has 6 nitrogen and oxygen atoms in total. The molecule has 0 spiro atoms. The van der Waals surface area contributed by atoms with Crippen LogP contribution in [0.25, 0.3) is 4.85 Å². The molecule has 7 heteroatoms. The molecule has 1 N–H and O–H groups in total. The zero-order valence-electron chi connectivity index (χ0n) is 13.4. The second-order valence-electron chi connectivity index (χ2n) is 6.04. The van der Waals surface area contributed by atoms with Crippen LogP contribution < -0.4 is 10.2 Å². The average molecular weight is 345 g/mol. The SMILES string of the molecule is [C-]#[N+]C1(c2ccc(N3CC(CNC(=O)CSC)OC3=O)cc2)CC1. The molecule has 1 aliphatic heterocycles. The third kappa shape index (κ3) is 3.34. The fourth-order valence-corrected chi connectivity index (χ4v) is 3.15. The van der Waals surface area contributed by atoms with Crippen LogP contribution in [0.3, 0.4) is 0 Å². The predicted octanol–water partition coefficient (Wildman–Crippen LogP) is 2.40. The fourth-order valence-electron chi connectivity index (χ4n) is 2.78. The lowest BCUT2D eigenvalue weighted by molar-refractivity contribution is -0.118. The van der Waals surface area contributed by atoms with Gasteiger partial charge >= 0.3 is 6.09 Å². The van der Waals surface area contributed by atoms with Crippen LogP contribution in [-0.2, 0) is 15.1 Å². The van der Waals surface area contributed by atoms with Crippen molar-refractivity contribution in [2.24, 2.45) is 0 Å². The van der Waals surface area contributed by atoms with Crippen molar-refractivity contribution >= 4 is 29.4 Å². The van der Waals surface area contributed by atoms with Gasteiger partial charge in [-0.3, -0.25) is 9.69 Å². The average Bonchev–Trinajstić information content (AvgIpc) is 3.30. The van der Waals surface area contributed by atoms with E-state index in [1.165, 1.54) is 11.8 Å². The number of cyclic esters (lactones) is 1. The van der Waals surface area contributed by atoms with Crippen molar-refractivity contribution in [2.45, 2.75) is 24.5 Å². The number of thioether (sulfide) groups is 1. The van der Waals surface area contributed by atoms with Crippen LogP contribution in [0.15, 0.2) is 24.3 Å². The Balaban J connectivity index is 1.60. The number of hydrogen-bond donors (Lipinski definition) is 1. The first-order chi connectivity index (χ1) is 11.6. The minimum absolute atomic E-state index is 0.0600. The molecular weight excluding hydrogens is 326 g/mol. The number of nitrogens with zero attached hydrogens (tertiary/aromatic N) is 2. The highest BCUT2D eigenvalue weighted by molar-refractivity contribution is 7.99. The molecule has 2 aliphatic rings. The quantitative estimate of drug-likeness (QED) is 0.804. The van der Waals surface area contributed by atoms with Gasteiger partial charge in [-0.25, -0.2) is 11.4 Å². The fraction of sp³-hybridized carbons (Fsp3) is 0.471. The monoisotopic (exact) mass is 345 g/mol. The molecule has 1 heterocycles. The van der Waals surface area contributed by atoms with Gasteiger partial charge in [0.15, 0.2) is 0 Å². The Hall–Kier alpha value is -2.20. The van der Waals surface area contributed by atoms with Gasteiger partial charge in [0, 0.05) is 24.1 Å². The Morgan fingerprint density at radius 3 is 2.75 bits per heavy atom. The summed E-state index contributed by atoms with van der Waals surface area (Å²) in [5.41, 5.74) is 1.42. The van der Waals surface area contributed by atoms with Crippen molar-refractivity contribution < 1.29 is 14.3 Å². The molecule has 1 aromatic carbocycles. The van der Waals surface area contributed by atoms with Crippen molar-refractivity contribution in [2.75, 3.05) is 30.0 Å². The number of carbonyl (C=O) groups excluding carboxylic acids is 2. The molecule has 0 aromatic heterocycles. The standard InChI is InChI=1S/C17H19N3O3S/c1-18-17(7-8-17)12-3-5-13(6-4-12)20-10-14(23-16(20)22)9-19-15(21)11-24-2/h3-6,14H,7-11H2,2H3,(H,19,21). The number of rotatable bonds is 6. The van der Waals surface area contributed by atoms with Gasteiger partial charge in [0.1, 0.15) is 6.10 Å². The summed E-state index contributed by atoms with van der Waals surface area (Å²) in [5.74, 6) is 0.337. The maximum Gasteiger partial charge on any atom is 0.414 e. The molecule has 2 fully saturated rings. The molecule has 0 radical (unpaired) electrons. The van der Waals surface area contributed by atoms with Gasteiger partial charge in [-0.05, 0) is 30.5 Å². The smallest absolute Gasteiger partial charge is 0.414 e. The number of amides is 2. The summed E-state index contributed by atoms with van der Waals surface area (Å²) in [4.78, 5) is 28.8. The van der Waals surface area contributed by atoms with Crippen LogP contribution in [-0.4, -0.2) is 43.2 Å². The van der Waals surface area contributed by atoms with E-state index in [9.17, 15) is 9.59 Å². The molecule has 24 heavy (non-hydrogen) atoms. The molecule has 126 valence electrons. The Morgan fingerprint density at radius 1 is 1.46 bits per heavy atom. The van der Waals surface area contributed by atoms with E-state index in [2.05, 4.69) is 10.2 Å². The summed E-state index contributed by atoms with van der Waals surface area (Å²) in [6, 6.07) is 7.55. The van der Waals surface area contributed by atoms with Crippen molar-refractivity contribution in [3.05, 3.63) is 41.2 Å². The van der Waals surface area contributed by atoms with Gasteiger partial charge in [-0.1, -0.05) is 0 Å². The molecule has 1 unspecified atom stereocenters. The maximum absolute atomic E-state index is 12.0. The van der Waals surface area contributed by atoms with Gasteiger partial charge < -0.3 is 14.9 Å². The predicted molar refractivity (Wildman–Crippen MR) is 93.0 cm³/mol. The lowest BCUT2D eigenvalue weighted by Gasteiger charge is -2.14.